The minimum absolute atomic E-state index is 0.0797. The van der Waals surface area contributed by atoms with Crippen LogP contribution in [0.15, 0.2) is 84.4 Å². The lowest BCUT2D eigenvalue weighted by atomic mass is 10.1. The van der Waals surface area contributed by atoms with E-state index in [1.807, 2.05) is 25.1 Å². The molecular weight excluding hydrogens is 559 g/mol. The molecule has 4 rings (SSSR count). The summed E-state index contributed by atoms with van der Waals surface area (Å²) in [5.41, 5.74) is 5.18. The van der Waals surface area contributed by atoms with Crippen LogP contribution in [0, 0.1) is 25.2 Å². The number of rotatable bonds is 10. The number of amides is 1. The highest BCUT2D eigenvalue weighted by atomic mass is 35.5. The van der Waals surface area contributed by atoms with Crippen LogP contribution in [0.2, 0.25) is 10.0 Å². The van der Waals surface area contributed by atoms with Gasteiger partial charge in [-0.25, -0.2) is 0 Å². The minimum atomic E-state index is -0.551. The van der Waals surface area contributed by atoms with Crippen LogP contribution in [0.3, 0.4) is 0 Å². The van der Waals surface area contributed by atoms with Gasteiger partial charge in [0.2, 0.25) is 0 Å². The van der Waals surface area contributed by atoms with Crippen molar-refractivity contribution in [3.8, 4) is 23.3 Å². The van der Waals surface area contributed by atoms with Crippen molar-refractivity contribution in [2.24, 2.45) is 0 Å². The number of halogens is 2. The lowest BCUT2D eigenvalue weighted by molar-refractivity contribution is -0.112. The average molecular weight is 588 g/mol. The molecule has 41 heavy (non-hydrogen) atoms. The molecule has 208 valence electrons. The largest absolute Gasteiger partial charge is 0.497 e. The number of nitrogens with zero attached hydrogens (tertiary/aromatic N) is 1. The van der Waals surface area contributed by atoms with Gasteiger partial charge in [-0.2, -0.15) is 5.26 Å². The Kier molecular flexibility index (Phi) is 9.91. The molecule has 0 saturated heterocycles. The van der Waals surface area contributed by atoms with Gasteiger partial charge in [-0.15, -0.1) is 0 Å². The van der Waals surface area contributed by atoms with Crippen LogP contribution in [0.4, 0.5) is 5.69 Å². The third-order valence-corrected chi connectivity index (χ3v) is 6.96. The van der Waals surface area contributed by atoms with Crippen LogP contribution in [-0.4, -0.2) is 13.0 Å². The molecule has 0 aliphatic rings. The maximum absolute atomic E-state index is 13.0. The van der Waals surface area contributed by atoms with Crippen LogP contribution in [0.5, 0.6) is 17.2 Å². The molecule has 0 bridgehead atoms. The fourth-order valence-electron chi connectivity index (χ4n) is 3.88. The Hall–Kier alpha value is -4.44. The maximum Gasteiger partial charge on any atom is 0.266 e. The molecule has 1 N–H and O–H groups in total. The number of carbonyl (C=O) groups is 1. The van der Waals surface area contributed by atoms with Gasteiger partial charge in [0.25, 0.3) is 5.91 Å². The molecule has 0 aromatic heterocycles. The highest BCUT2D eigenvalue weighted by molar-refractivity contribution is 6.35. The summed E-state index contributed by atoms with van der Waals surface area (Å²) in [7, 11) is 1.56. The fourth-order valence-corrected chi connectivity index (χ4v) is 4.34. The summed E-state index contributed by atoms with van der Waals surface area (Å²) in [6, 6.07) is 25.4. The van der Waals surface area contributed by atoms with Crippen molar-refractivity contribution in [3.63, 3.8) is 0 Å². The first-order valence-corrected chi connectivity index (χ1v) is 13.5. The second-order valence-electron chi connectivity index (χ2n) is 9.28. The van der Waals surface area contributed by atoms with Crippen molar-refractivity contribution < 1.29 is 19.0 Å². The van der Waals surface area contributed by atoms with Crippen LogP contribution in [0.1, 0.15) is 27.8 Å². The van der Waals surface area contributed by atoms with Gasteiger partial charge in [-0.1, -0.05) is 47.5 Å². The first-order valence-electron chi connectivity index (χ1n) is 12.7. The van der Waals surface area contributed by atoms with Gasteiger partial charge in [0.15, 0.2) is 0 Å². The van der Waals surface area contributed by atoms with Gasteiger partial charge >= 0.3 is 0 Å². The predicted octanol–water partition coefficient (Wildman–Crippen LogP) is 8.32. The van der Waals surface area contributed by atoms with Crippen LogP contribution >= 0.6 is 23.2 Å². The van der Waals surface area contributed by atoms with Gasteiger partial charge in [0.1, 0.15) is 42.1 Å². The SMILES string of the molecule is COc1ccc(/C=C(\C#N)C(=O)Nc2ccc(OCc3ccc(Cl)cc3Cl)cc2)c(OCc2ccc(C)c(C)c2)c1. The number of ether oxygens (including phenoxy) is 3. The molecular formula is C33H28Cl2N2O4. The molecule has 0 radical (unpaired) electrons. The lowest BCUT2D eigenvalue weighted by Crippen LogP contribution is -2.13. The first kappa shape index (κ1) is 29.5. The quantitative estimate of drug-likeness (QED) is 0.149. The van der Waals surface area contributed by atoms with Crippen molar-refractivity contribution in [2.45, 2.75) is 27.1 Å². The molecule has 0 unspecified atom stereocenters. The Morgan fingerprint density at radius 3 is 2.32 bits per heavy atom. The number of nitrogens with one attached hydrogen (secondary N) is 1. The molecule has 0 aliphatic carbocycles. The van der Waals surface area contributed by atoms with E-state index < -0.39 is 5.91 Å². The minimum Gasteiger partial charge on any atom is -0.497 e. The summed E-state index contributed by atoms with van der Waals surface area (Å²) in [6.45, 7) is 4.69. The Labute approximate surface area is 249 Å². The zero-order valence-electron chi connectivity index (χ0n) is 22.8. The topological polar surface area (TPSA) is 80.6 Å². The predicted molar refractivity (Wildman–Crippen MR) is 163 cm³/mol. The van der Waals surface area contributed by atoms with Crippen molar-refractivity contribution in [2.75, 3.05) is 12.4 Å². The van der Waals surface area contributed by atoms with E-state index in [0.717, 1.165) is 11.1 Å². The molecule has 0 atom stereocenters. The number of carbonyl (C=O) groups excluding carboxylic acids is 1. The summed E-state index contributed by atoms with van der Waals surface area (Å²) in [5, 5.41) is 13.6. The summed E-state index contributed by atoms with van der Waals surface area (Å²) in [6.07, 6.45) is 1.50. The third-order valence-electron chi connectivity index (χ3n) is 6.37. The van der Waals surface area contributed by atoms with Gasteiger partial charge in [-0.05, 0) is 85.1 Å². The Morgan fingerprint density at radius 2 is 1.63 bits per heavy atom. The van der Waals surface area contributed by atoms with E-state index in [1.54, 1.807) is 67.8 Å². The molecule has 8 heteroatoms. The van der Waals surface area contributed by atoms with Gasteiger partial charge in [0, 0.05) is 32.9 Å². The maximum atomic E-state index is 13.0. The second kappa shape index (κ2) is 13.8. The summed E-state index contributed by atoms with van der Waals surface area (Å²) >= 11 is 12.1. The molecule has 0 fully saturated rings. The molecule has 0 heterocycles. The third kappa shape index (κ3) is 8.04. The standard InChI is InChI=1S/C33H28Cl2N2O4/c1-21-4-5-23(14-22(21)2)19-41-32-17-30(39-3)11-7-24(32)15-26(18-36)33(38)37-28-9-12-29(13-10-28)40-20-25-6-8-27(34)16-31(25)35/h4-17H,19-20H2,1-3H3,(H,37,38)/b26-15+. The van der Waals surface area contributed by atoms with Gasteiger partial charge in [0.05, 0.1) is 7.11 Å². The van der Waals surface area contributed by atoms with E-state index in [4.69, 9.17) is 37.4 Å². The molecule has 0 aliphatic heterocycles. The summed E-state index contributed by atoms with van der Waals surface area (Å²) in [5.74, 6) is 1.13. The Morgan fingerprint density at radius 1 is 0.878 bits per heavy atom. The molecule has 4 aromatic carbocycles. The molecule has 6 nitrogen and oxygen atoms in total. The van der Waals surface area contributed by atoms with Gasteiger partial charge in [-0.3, -0.25) is 4.79 Å². The van der Waals surface area contributed by atoms with Crippen molar-refractivity contribution in [1.82, 2.24) is 0 Å². The van der Waals surface area contributed by atoms with E-state index in [1.165, 1.54) is 17.2 Å². The number of hydrogen-bond acceptors (Lipinski definition) is 5. The number of nitriles is 1. The van der Waals surface area contributed by atoms with Gasteiger partial charge < -0.3 is 19.5 Å². The van der Waals surface area contributed by atoms with E-state index in [2.05, 4.69) is 18.3 Å². The monoisotopic (exact) mass is 586 g/mol. The zero-order chi connectivity index (χ0) is 29.4. The van der Waals surface area contributed by atoms with E-state index in [-0.39, 0.29) is 12.2 Å². The van der Waals surface area contributed by atoms with Crippen LogP contribution < -0.4 is 19.5 Å². The van der Waals surface area contributed by atoms with Crippen molar-refractivity contribution in [1.29, 1.82) is 5.26 Å². The summed E-state index contributed by atoms with van der Waals surface area (Å²) in [4.78, 5) is 13.0. The second-order valence-corrected chi connectivity index (χ2v) is 10.1. The zero-order valence-corrected chi connectivity index (χ0v) is 24.3. The van der Waals surface area contributed by atoms with Crippen molar-refractivity contribution >= 4 is 40.9 Å². The highest BCUT2D eigenvalue weighted by Crippen LogP contribution is 2.29. The van der Waals surface area contributed by atoms with E-state index >= 15 is 0 Å². The number of hydrogen-bond donors (Lipinski definition) is 1. The van der Waals surface area contributed by atoms with E-state index in [0.29, 0.717) is 45.2 Å². The Balaban J connectivity index is 1.44. The number of anilines is 1. The van der Waals surface area contributed by atoms with Crippen LogP contribution in [-0.2, 0) is 18.0 Å². The highest BCUT2D eigenvalue weighted by Gasteiger charge is 2.13. The number of benzene rings is 4. The molecule has 0 spiro atoms. The number of aryl methyl sites for hydroxylation is 2. The van der Waals surface area contributed by atoms with E-state index in [9.17, 15) is 10.1 Å². The van der Waals surface area contributed by atoms with Crippen molar-refractivity contribution in [3.05, 3.63) is 122 Å². The normalized spacial score (nSPS) is 11.0. The molecule has 4 aromatic rings. The number of methoxy groups -OCH3 is 1. The average Bonchev–Trinajstić information content (AvgIpc) is 2.97. The first-order chi connectivity index (χ1) is 19.7. The smallest absolute Gasteiger partial charge is 0.266 e. The Bertz CT molecular complexity index is 1630. The molecule has 0 saturated carbocycles. The van der Waals surface area contributed by atoms with Crippen LogP contribution in [0.25, 0.3) is 6.08 Å². The fraction of sp³-hybridized carbons (Fsp3) is 0.152. The molecule has 1 amide bonds. The summed E-state index contributed by atoms with van der Waals surface area (Å²) < 4.78 is 17.2. The lowest BCUT2D eigenvalue weighted by Gasteiger charge is -2.13.